The van der Waals surface area contributed by atoms with E-state index in [1.165, 1.54) is 31.5 Å². The largest absolute Gasteiger partial charge is 0.323 e. The highest BCUT2D eigenvalue weighted by molar-refractivity contribution is 6.33. The van der Waals surface area contributed by atoms with Crippen LogP contribution in [0.3, 0.4) is 0 Å². The maximum absolute atomic E-state index is 12.7. The molecule has 1 aliphatic heterocycles. The molecular formula is C23H30ClN3O. The molecule has 0 atom stereocenters. The van der Waals surface area contributed by atoms with E-state index in [1.54, 1.807) is 0 Å². The molecule has 5 heteroatoms. The number of nitrogens with one attached hydrogen (secondary N) is 1. The van der Waals surface area contributed by atoms with Crippen molar-refractivity contribution >= 4 is 23.2 Å². The Kier molecular flexibility index (Phi) is 7.90. The molecule has 3 rings (SSSR count). The lowest BCUT2D eigenvalue weighted by molar-refractivity contribution is -0.117. The fraction of sp³-hybridized carbons (Fsp3) is 0.435. The summed E-state index contributed by atoms with van der Waals surface area (Å²) in [7, 11) is 0. The van der Waals surface area contributed by atoms with Crippen molar-refractivity contribution in [3.63, 3.8) is 0 Å². The van der Waals surface area contributed by atoms with E-state index in [0.29, 0.717) is 17.3 Å². The maximum atomic E-state index is 12.7. The van der Waals surface area contributed by atoms with Crippen LogP contribution < -0.4 is 5.32 Å². The molecular weight excluding hydrogens is 370 g/mol. The number of para-hydroxylation sites is 1. The minimum Gasteiger partial charge on any atom is -0.323 e. The molecule has 0 radical (unpaired) electrons. The highest BCUT2D eigenvalue weighted by Gasteiger charge is 2.16. The lowest BCUT2D eigenvalue weighted by Crippen LogP contribution is -2.35. The van der Waals surface area contributed by atoms with Gasteiger partial charge in [-0.15, -0.1) is 0 Å². The molecule has 150 valence electrons. The van der Waals surface area contributed by atoms with Crippen molar-refractivity contribution in [2.75, 3.05) is 38.0 Å². The Morgan fingerprint density at radius 3 is 2.57 bits per heavy atom. The van der Waals surface area contributed by atoms with E-state index in [-0.39, 0.29) is 5.91 Å². The van der Waals surface area contributed by atoms with Gasteiger partial charge in [0.15, 0.2) is 0 Å². The second-order valence-electron chi connectivity index (χ2n) is 7.58. The molecule has 1 heterocycles. The standard InChI is InChI=1S/C23H30ClN3O/c1-19-9-7-12-21(24)23(19)25-22(28)18-27(17-20-10-3-2-4-11-20)16-8-15-26-13-5-6-14-26/h2-4,7,9-12H,5-6,8,13-18H2,1H3,(H,25,28). The molecule has 1 fully saturated rings. The normalized spacial score (nSPS) is 14.5. The van der Waals surface area contributed by atoms with Crippen LogP contribution in [0.4, 0.5) is 5.69 Å². The van der Waals surface area contributed by atoms with Gasteiger partial charge in [0.25, 0.3) is 0 Å². The van der Waals surface area contributed by atoms with Crippen LogP contribution in [0.25, 0.3) is 0 Å². The van der Waals surface area contributed by atoms with Gasteiger partial charge in [-0.2, -0.15) is 0 Å². The number of nitrogens with zero attached hydrogens (tertiary/aromatic N) is 2. The molecule has 28 heavy (non-hydrogen) atoms. The summed E-state index contributed by atoms with van der Waals surface area (Å²) in [6, 6.07) is 16.0. The lowest BCUT2D eigenvalue weighted by Gasteiger charge is -2.24. The third kappa shape index (κ3) is 6.33. The average molecular weight is 400 g/mol. The number of amides is 1. The van der Waals surface area contributed by atoms with Crippen LogP contribution in [0.1, 0.15) is 30.4 Å². The van der Waals surface area contributed by atoms with Crippen LogP contribution in [-0.4, -0.2) is 48.4 Å². The Labute approximate surface area is 173 Å². The summed E-state index contributed by atoms with van der Waals surface area (Å²) in [6.45, 7) is 7.53. The van der Waals surface area contributed by atoms with Crippen LogP contribution in [0.5, 0.6) is 0 Å². The molecule has 0 aliphatic carbocycles. The second kappa shape index (κ2) is 10.6. The van der Waals surface area contributed by atoms with Crippen LogP contribution in [0.2, 0.25) is 5.02 Å². The van der Waals surface area contributed by atoms with Gasteiger partial charge in [-0.3, -0.25) is 9.69 Å². The number of hydrogen-bond acceptors (Lipinski definition) is 3. The fourth-order valence-corrected chi connectivity index (χ4v) is 4.02. The number of rotatable bonds is 9. The summed E-state index contributed by atoms with van der Waals surface area (Å²) < 4.78 is 0. The average Bonchev–Trinajstić information content (AvgIpc) is 3.19. The number of aryl methyl sites for hydroxylation is 1. The van der Waals surface area contributed by atoms with Crippen LogP contribution in [-0.2, 0) is 11.3 Å². The number of halogens is 1. The van der Waals surface area contributed by atoms with E-state index < -0.39 is 0 Å². The highest BCUT2D eigenvalue weighted by Crippen LogP contribution is 2.25. The quantitative estimate of drug-likeness (QED) is 0.670. The number of carbonyl (C=O) groups excluding carboxylic acids is 1. The predicted octanol–water partition coefficient (Wildman–Crippen LogP) is 4.58. The smallest absolute Gasteiger partial charge is 0.238 e. The van der Waals surface area contributed by atoms with E-state index in [0.717, 1.165) is 31.6 Å². The molecule has 0 spiro atoms. The van der Waals surface area contributed by atoms with Crippen molar-refractivity contribution in [2.45, 2.75) is 32.7 Å². The summed E-state index contributed by atoms with van der Waals surface area (Å²) in [5.74, 6) is -0.0201. The van der Waals surface area contributed by atoms with Crippen molar-refractivity contribution in [1.29, 1.82) is 0 Å². The van der Waals surface area contributed by atoms with Crippen LogP contribution in [0.15, 0.2) is 48.5 Å². The maximum Gasteiger partial charge on any atom is 0.238 e. The van der Waals surface area contributed by atoms with E-state index in [2.05, 4.69) is 27.2 Å². The molecule has 1 N–H and O–H groups in total. The van der Waals surface area contributed by atoms with Gasteiger partial charge >= 0.3 is 0 Å². The number of carbonyl (C=O) groups is 1. The highest BCUT2D eigenvalue weighted by atomic mass is 35.5. The van der Waals surface area contributed by atoms with Crippen LogP contribution in [0, 0.1) is 6.92 Å². The van der Waals surface area contributed by atoms with Crippen molar-refractivity contribution in [3.8, 4) is 0 Å². The molecule has 4 nitrogen and oxygen atoms in total. The summed E-state index contributed by atoms with van der Waals surface area (Å²) in [6.07, 6.45) is 3.70. The third-order valence-electron chi connectivity index (χ3n) is 5.25. The Morgan fingerprint density at radius 2 is 1.86 bits per heavy atom. The Bertz CT molecular complexity index is 739. The Hall–Kier alpha value is -1.88. The van der Waals surface area contributed by atoms with E-state index in [9.17, 15) is 4.79 Å². The van der Waals surface area contributed by atoms with Crippen molar-refractivity contribution in [1.82, 2.24) is 9.80 Å². The van der Waals surface area contributed by atoms with E-state index >= 15 is 0 Å². The molecule has 2 aromatic carbocycles. The number of anilines is 1. The number of likely N-dealkylation sites (tertiary alicyclic amines) is 1. The van der Waals surface area contributed by atoms with Gasteiger partial charge in [0, 0.05) is 13.1 Å². The first-order valence-electron chi connectivity index (χ1n) is 10.2. The molecule has 0 saturated carbocycles. The molecule has 0 bridgehead atoms. The zero-order chi connectivity index (χ0) is 19.8. The zero-order valence-electron chi connectivity index (χ0n) is 16.7. The molecule has 2 aromatic rings. The molecule has 0 unspecified atom stereocenters. The monoisotopic (exact) mass is 399 g/mol. The molecule has 1 amide bonds. The predicted molar refractivity (Wildman–Crippen MR) is 117 cm³/mol. The SMILES string of the molecule is Cc1cccc(Cl)c1NC(=O)CN(CCCN1CCCC1)Cc1ccccc1. The second-order valence-corrected chi connectivity index (χ2v) is 7.99. The topological polar surface area (TPSA) is 35.6 Å². The first-order valence-corrected chi connectivity index (χ1v) is 10.5. The fourth-order valence-electron chi connectivity index (χ4n) is 3.75. The summed E-state index contributed by atoms with van der Waals surface area (Å²) >= 11 is 6.26. The van der Waals surface area contributed by atoms with E-state index in [4.69, 9.17) is 11.6 Å². The molecule has 0 aromatic heterocycles. The Morgan fingerprint density at radius 1 is 1.11 bits per heavy atom. The van der Waals surface area contributed by atoms with Gasteiger partial charge in [-0.1, -0.05) is 54.1 Å². The minimum atomic E-state index is -0.0201. The van der Waals surface area contributed by atoms with E-state index in [1.807, 2.05) is 43.3 Å². The Balaban J connectivity index is 1.59. The van der Waals surface area contributed by atoms with Crippen molar-refractivity contribution < 1.29 is 4.79 Å². The number of hydrogen-bond donors (Lipinski definition) is 1. The first kappa shape index (κ1) is 20.8. The molecule has 1 saturated heterocycles. The van der Waals surface area contributed by atoms with Gasteiger partial charge in [0.2, 0.25) is 5.91 Å². The first-order chi connectivity index (χ1) is 13.6. The van der Waals surface area contributed by atoms with Gasteiger partial charge < -0.3 is 10.2 Å². The third-order valence-corrected chi connectivity index (χ3v) is 5.56. The summed E-state index contributed by atoms with van der Waals surface area (Å²) in [5, 5.41) is 3.58. The summed E-state index contributed by atoms with van der Waals surface area (Å²) in [5.41, 5.74) is 2.92. The van der Waals surface area contributed by atoms with Gasteiger partial charge in [0.05, 0.1) is 17.3 Å². The van der Waals surface area contributed by atoms with Crippen LogP contribution >= 0.6 is 11.6 Å². The lowest BCUT2D eigenvalue weighted by atomic mass is 10.2. The van der Waals surface area contributed by atoms with Gasteiger partial charge in [-0.05, 0) is 63.0 Å². The summed E-state index contributed by atoms with van der Waals surface area (Å²) in [4.78, 5) is 17.5. The van der Waals surface area contributed by atoms with Crippen molar-refractivity contribution in [2.24, 2.45) is 0 Å². The molecule has 1 aliphatic rings. The minimum absolute atomic E-state index is 0.0201. The van der Waals surface area contributed by atoms with Gasteiger partial charge in [-0.25, -0.2) is 0 Å². The zero-order valence-corrected chi connectivity index (χ0v) is 17.4. The number of benzene rings is 2. The van der Waals surface area contributed by atoms with Crippen molar-refractivity contribution in [3.05, 3.63) is 64.7 Å². The van der Waals surface area contributed by atoms with Gasteiger partial charge in [0.1, 0.15) is 0 Å².